The molecule has 1 unspecified atom stereocenters. The second-order valence-electron chi connectivity index (χ2n) is 5.56. The van der Waals surface area contributed by atoms with Crippen LogP contribution in [0.5, 0.6) is 5.75 Å². The molecule has 0 aliphatic heterocycles. The van der Waals surface area contributed by atoms with Crippen molar-refractivity contribution in [1.82, 2.24) is 0 Å². The number of rotatable bonds is 9. The molecular formula is C19H26NO4P. The van der Waals surface area contributed by atoms with E-state index in [1.807, 2.05) is 69.3 Å². The highest BCUT2D eigenvalue weighted by Gasteiger charge is 2.37. The van der Waals surface area contributed by atoms with Crippen LogP contribution in [-0.2, 0) is 13.6 Å². The van der Waals surface area contributed by atoms with Crippen molar-refractivity contribution >= 4 is 13.3 Å². The molecule has 1 N–H and O–H groups in total. The van der Waals surface area contributed by atoms with Crippen molar-refractivity contribution in [3.63, 3.8) is 0 Å². The lowest BCUT2D eigenvalue weighted by molar-refractivity contribution is 0.214. The van der Waals surface area contributed by atoms with Gasteiger partial charge in [0.15, 0.2) is 5.78 Å². The van der Waals surface area contributed by atoms with Gasteiger partial charge < -0.3 is 19.1 Å². The van der Waals surface area contributed by atoms with Crippen LogP contribution < -0.4 is 10.1 Å². The largest absolute Gasteiger partial charge is 0.497 e. The van der Waals surface area contributed by atoms with Crippen molar-refractivity contribution in [3.8, 4) is 5.75 Å². The highest BCUT2D eigenvalue weighted by molar-refractivity contribution is 7.54. The third kappa shape index (κ3) is 5.08. The molecule has 0 heterocycles. The minimum absolute atomic E-state index is 0.309. The zero-order valence-corrected chi connectivity index (χ0v) is 16.1. The van der Waals surface area contributed by atoms with Crippen LogP contribution in [0.1, 0.15) is 30.8 Å². The lowest BCUT2D eigenvalue weighted by atomic mass is 10.1. The van der Waals surface area contributed by atoms with Gasteiger partial charge in [0, 0.05) is 5.69 Å². The van der Waals surface area contributed by atoms with Crippen LogP contribution in [-0.4, -0.2) is 20.3 Å². The fraction of sp³-hybridized carbons (Fsp3) is 0.368. The summed E-state index contributed by atoms with van der Waals surface area (Å²) in [6.45, 7) is 6.25. The van der Waals surface area contributed by atoms with E-state index < -0.39 is 13.4 Å². The summed E-state index contributed by atoms with van der Waals surface area (Å²) in [6.07, 6.45) is 0. The van der Waals surface area contributed by atoms with Crippen LogP contribution in [0.4, 0.5) is 5.69 Å². The lowest BCUT2D eigenvalue weighted by Crippen LogP contribution is -2.15. The Balaban J connectivity index is 2.39. The monoisotopic (exact) mass is 363 g/mol. The van der Waals surface area contributed by atoms with Gasteiger partial charge in [0.25, 0.3) is 0 Å². The maximum absolute atomic E-state index is 13.4. The van der Waals surface area contributed by atoms with Gasteiger partial charge in [0.2, 0.25) is 0 Å². The maximum Gasteiger partial charge on any atom is 0.357 e. The van der Waals surface area contributed by atoms with E-state index >= 15 is 0 Å². The summed E-state index contributed by atoms with van der Waals surface area (Å²) in [7, 11) is -1.77. The average Bonchev–Trinajstić information content (AvgIpc) is 2.61. The SMILES string of the molecule is CCOP(=O)(OCC)C(Nc1ccc(OC)cc1)c1ccc(C)cc1. The number of ether oxygens (including phenoxy) is 1. The summed E-state index contributed by atoms with van der Waals surface area (Å²) in [6, 6.07) is 15.3. The van der Waals surface area contributed by atoms with Crippen molar-refractivity contribution in [3.05, 3.63) is 59.7 Å². The summed E-state index contributed by atoms with van der Waals surface area (Å²) in [5, 5.41) is 3.31. The van der Waals surface area contributed by atoms with Crippen LogP contribution in [0.3, 0.4) is 0 Å². The average molecular weight is 363 g/mol. The number of nitrogens with one attached hydrogen (secondary N) is 1. The van der Waals surface area contributed by atoms with Gasteiger partial charge in [-0.1, -0.05) is 29.8 Å². The first-order valence-electron chi connectivity index (χ1n) is 8.38. The molecule has 5 nitrogen and oxygen atoms in total. The van der Waals surface area contributed by atoms with E-state index in [9.17, 15) is 4.57 Å². The number of hydrogen-bond acceptors (Lipinski definition) is 5. The van der Waals surface area contributed by atoms with Gasteiger partial charge in [0.05, 0.1) is 20.3 Å². The number of benzene rings is 2. The summed E-state index contributed by atoms with van der Waals surface area (Å²) < 4.78 is 29.7. The zero-order valence-electron chi connectivity index (χ0n) is 15.2. The fourth-order valence-corrected chi connectivity index (χ4v) is 4.42. The van der Waals surface area contributed by atoms with Crippen LogP contribution in [0.15, 0.2) is 48.5 Å². The molecule has 0 radical (unpaired) electrons. The Labute approximate surface area is 149 Å². The zero-order chi connectivity index (χ0) is 18.3. The predicted molar refractivity (Wildman–Crippen MR) is 101 cm³/mol. The first-order valence-corrected chi connectivity index (χ1v) is 9.99. The standard InChI is InChI=1S/C19H26NO4P/c1-5-23-25(21,24-6-2)19(16-9-7-15(3)8-10-16)20-17-11-13-18(22-4)14-12-17/h7-14,19-20H,5-6H2,1-4H3. The van der Waals surface area contributed by atoms with Gasteiger partial charge in [-0.25, -0.2) is 0 Å². The molecule has 0 aromatic heterocycles. The Bertz CT molecular complexity index is 690. The van der Waals surface area contributed by atoms with E-state index in [0.29, 0.717) is 13.2 Å². The molecule has 0 amide bonds. The first kappa shape index (κ1) is 19.5. The summed E-state index contributed by atoms with van der Waals surface area (Å²) >= 11 is 0. The molecule has 6 heteroatoms. The summed E-state index contributed by atoms with van der Waals surface area (Å²) in [4.78, 5) is 0. The third-order valence-electron chi connectivity index (χ3n) is 3.72. The summed E-state index contributed by atoms with van der Waals surface area (Å²) in [5.41, 5.74) is 2.80. The second-order valence-corrected chi connectivity index (χ2v) is 7.67. The molecule has 0 saturated heterocycles. The van der Waals surface area contributed by atoms with Gasteiger partial charge in [-0.05, 0) is 50.6 Å². The smallest absolute Gasteiger partial charge is 0.357 e. The van der Waals surface area contributed by atoms with E-state index in [4.69, 9.17) is 13.8 Å². The topological polar surface area (TPSA) is 56.8 Å². The molecule has 25 heavy (non-hydrogen) atoms. The van der Waals surface area contributed by atoms with E-state index in [2.05, 4.69) is 5.32 Å². The van der Waals surface area contributed by atoms with Crippen molar-refractivity contribution in [2.24, 2.45) is 0 Å². The van der Waals surface area contributed by atoms with Gasteiger partial charge in [-0.2, -0.15) is 0 Å². The molecule has 0 spiro atoms. The molecule has 0 fully saturated rings. The Morgan fingerprint density at radius 2 is 1.52 bits per heavy atom. The number of methoxy groups -OCH3 is 1. The van der Waals surface area contributed by atoms with Crippen molar-refractivity contribution < 1.29 is 18.3 Å². The predicted octanol–water partition coefficient (Wildman–Crippen LogP) is 5.38. The van der Waals surface area contributed by atoms with Crippen molar-refractivity contribution in [2.75, 3.05) is 25.6 Å². The molecule has 0 aliphatic rings. The Hall–Kier alpha value is -1.81. The van der Waals surface area contributed by atoms with E-state index in [-0.39, 0.29) is 0 Å². The Kier molecular flexibility index (Phi) is 7.06. The van der Waals surface area contributed by atoms with E-state index in [1.165, 1.54) is 0 Å². The van der Waals surface area contributed by atoms with Crippen LogP contribution in [0.2, 0.25) is 0 Å². The first-order chi connectivity index (χ1) is 12.0. The molecule has 2 aromatic carbocycles. The summed E-state index contributed by atoms with van der Waals surface area (Å²) in [5.74, 6) is 0.164. The van der Waals surface area contributed by atoms with Gasteiger partial charge in [-0.3, -0.25) is 4.57 Å². The number of aryl methyl sites for hydroxylation is 1. The molecule has 0 saturated carbocycles. The Morgan fingerprint density at radius 1 is 0.960 bits per heavy atom. The third-order valence-corrected chi connectivity index (χ3v) is 6.02. The second kappa shape index (κ2) is 9.04. The van der Waals surface area contributed by atoms with Crippen molar-refractivity contribution in [1.29, 1.82) is 0 Å². The van der Waals surface area contributed by atoms with Gasteiger partial charge in [-0.15, -0.1) is 0 Å². The lowest BCUT2D eigenvalue weighted by Gasteiger charge is -2.28. The maximum atomic E-state index is 13.4. The molecule has 2 aromatic rings. The van der Waals surface area contributed by atoms with Gasteiger partial charge >= 0.3 is 7.60 Å². The molecule has 0 bridgehead atoms. The van der Waals surface area contributed by atoms with E-state index in [1.54, 1.807) is 7.11 Å². The molecule has 0 aliphatic carbocycles. The van der Waals surface area contributed by atoms with Crippen LogP contribution in [0.25, 0.3) is 0 Å². The molecule has 1 atom stereocenters. The molecular weight excluding hydrogens is 337 g/mol. The fourth-order valence-electron chi connectivity index (χ4n) is 2.49. The minimum Gasteiger partial charge on any atom is -0.497 e. The van der Waals surface area contributed by atoms with Crippen molar-refractivity contribution in [2.45, 2.75) is 26.6 Å². The van der Waals surface area contributed by atoms with E-state index in [0.717, 1.165) is 22.6 Å². The Morgan fingerprint density at radius 3 is 2.00 bits per heavy atom. The quantitative estimate of drug-likeness (QED) is 0.606. The highest BCUT2D eigenvalue weighted by atomic mass is 31.2. The molecule has 2 rings (SSSR count). The highest BCUT2D eigenvalue weighted by Crippen LogP contribution is 2.60. The van der Waals surface area contributed by atoms with Gasteiger partial charge in [0.1, 0.15) is 5.75 Å². The number of hydrogen-bond donors (Lipinski definition) is 1. The number of anilines is 1. The molecule has 136 valence electrons. The normalized spacial score (nSPS) is 12.6. The van der Waals surface area contributed by atoms with Crippen LogP contribution in [0, 0.1) is 6.92 Å². The minimum atomic E-state index is -3.39. The van der Waals surface area contributed by atoms with Crippen LogP contribution >= 0.6 is 7.60 Å².